The monoisotopic (exact) mass is 371 g/mol. The molecule has 0 heterocycles. The van der Waals surface area contributed by atoms with Gasteiger partial charge in [0.05, 0.1) is 21.3 Å². The third-order valence-corrected chi connectivity index (χ3v) is 6.70. The van der Waals surface area contributed by atoms with Gasteiger partial charge in [-0.1, -0.05) is 30.2 Å². The Morgan fingerprint density at radius 2 is 1.75 bits per heavy atom. The van der Waals surface area contributed by atoms with Crippen molar-refractivity contribution in [2.24, 2.45) is 0 Å². The van der Waals surface area contributed by atoms with E-state index in [1.807, 2.05) is 46.8 Å². The molecule has 0 spiro atoms. The first kappa shape index (κ1) is 19.9. The second-order valence-electron chi connectivity index (χ2n) is 8.58. The van der Waals surface area contributed by atoms with E-state index < -0.39 is 16.6 Å². The van der Waals surface area contributed by atoms with Crippen molar-refractivity contribution in [1.82, 2.24) is 4.72 Å². The number of benzene rings is 1. The van der Waals surface area contributed by atoms with Crippen molar-refractivity contribution in [3.05, 3.63) is 34.9 Å². The van der Waals surface area contributed by atoms with E-state index in [4.69, 9.17) is 11.6 Å². The molecule has 2 rings (SSSR count). The Morgan fingerprint density at radius 3 is 2.12 bits per heavy atom. The van der Waals surface area contributed by atoms with Crippen LogP contribution in [0.1, 0.15) is 65.9 Å². The highest BCUT2D eigenvalue weighted by atomic mass is 35.5. The van der Waals surface area contributed by atoms with Crippen LogP contribution in [0.3, 0.4) is 0 Å². The highest BCUT2D eigenvalue weighted by Gasteiger charge is 2.48. The van der Waals surface area contributed by atoms with Gasteiger partial charge in [-0.2, -0.15) is 0 Å². The summed E-state index contributed by atoms with van der Waals surface area (Å²) in [6, 6.07) is 7.92. The van der Waals surface area contributed by atoms with Crippen LogP contribution in [0.4, 0.5) is 0 Å². The number of aliphatic hydroxyl groups is 1. The highest BCUT2D eigenvalue weighted by Crippen LogP contribution is 2.48. The van der Waals surface area contributed by atoms with E-state index in [-0.39, 0.29) is 16.2 Å². The Hall–Kier alpha value is -0.420. The molecular weight excluding hydrogens is 342 g/mol. The normalized spacial score (nSPS) is 20.3. The average molecular weight is 372 g/mol. The smallest absolute Gasteiger partial charge is 0.0973 e. The summed E-state index contributed by atoms with van der Waals surface area (Å²) in [5.41, 5.74) is 0.297. The second-order valence-corrected chi connectivity index (χ2v) is 11.0. The highest BCUT2D eigenvalue weighted by molar-refractivity contribution is 7.84. The molecule has 0 aliphatic heterocycles. The topological polar surface area (TPSA) is 49.3 Å². The minimum Gasteiger partial charge on any atom is -0.390 e. The Bertz CT molecular complexity index is 583. The molecule has 2 N–H and O–H groups in total. The number of hydrogen-bond donors (Lipinski definition) is 2. The third-order valence-electron chi connectivity index (χ3n) is 4.84. The lowest BCUT2D eigenvalue weighted by molar-refractivity contribution is 0.0375. The van der Waals surface area contributed by atoms with Gasteiger partial charge in [-0.25, -0.2) is 8.93 Å². The minimum atomic E-state index is -1.18. The molecule has 24 heavy (non-hydrogen) atoms. The van der Waals surface area contributed by atoms with Gasteiger partial charge in [0, 0.05) is 16.5 Å². The van der Waals surface area contributed by atoms with Gasteiger partial charge in [0.15, 0.2) is 0 Å². The van der Waals surface area contributed by atoms with Crippen LogP contribution < -0.4 is 4.72 Å². The molecule has 0 amide bonds. The number of hydrogen-bond acceptors (Lipinski definition) is 2. The molecule has 5 heteroatoms. The summed E-state index contributed by atoms with van der Waals surface area (Å²) in [6.07, 6.45) is 3.76. The van der Waals surface area contributed by atoms with Gasteiger partial charge in [-0.15, -0.1) is 0 Å². The maximum absolute atomic E-state index is 12.7. The SMILES string of the molecule is CC(C)(O)CC(NS(=O)C(C)(C)C)C1(c2ccc(Cl)cc2)CCC1. The van der Waals surface area contributed by atoms with Crippen molar-refractivity contribution in [3.63, 3.8) is 0 Å². The van der Waals surface area contributed by atoms with Crippen molar-refractivity contribution in [3.8, 4) is 0 Å². The van der Waals surface area contributed by atoms with E-state index in [0.29, 0.717) is 6.42 Å². The van der Waals surface area contributed by atoms with Crippen LogP contribution in [-0.2, 0) is 16.4 Å². The molecule has 136 valence electrons. The zero-order chi connectivity index (χ0) is 18.2. The van der Waals surface area contributed by atoms with Gasteiger partial charge in [0.2, 0.25) is 0 Å². The lowest BCUT2D eigenvalue weighted by Crippen LogP contribution is -2.57. The molecule has 1 aliphatic carbocycles. The van der Waals surface area contributed by atoms with E-state index >= 15 is 0 Å². The Kier molecular flexibility index (Phi) is 5.86. The lowest BCUT2D eigenvalue weighted by atomic mass is 9.59. The van der Waals surface area contributed by atoms with Gasteiger partial charge < -0.3 is 5.11 Å². The van der Waals surface area contributed by atoms with Gasteiger partial charge in [0.1, 0.15) is 0 Å². The van der Waals surface area contributed by atoms with Gasteiger partial charge >= 0.3 is 0 Å². The van der Waals surface area contributed by atoms with Crippen molar-refractivity contribution >= 4 is 22.6 Å². The number of nitrogens with one attached hydrogen (secondary N) is 1. The Balaban J connectivity index is 2.36. The van der Waals surface area contributed by atoms with Crippen LogP contribution in [0.5, 0.6) is 0 Å². The number of rotatable bonds is 6. The first-order valence-electron chi connectivity index (χ1n) is 8.61. The molecule has 0 radical (unpaired) electrons. The van der Waals surface area contributed by atoms with E-state index in [9.17, 15) is 9.32 Å². The summed E-state index contributed by atoms with van der Waals surface area (Å²) in [5.74, 6) is 0. The molecule has 1 saturated carbocycles. The van der Waals surface area contributed by atoms with E-state index in [1.165, 1.54) is 5.56 Å². The molecule has 0 aromatic heterocycles. The fourth-order valence-corrected chi connectivity index (χ4v) is 4.38. The van der Waals surface area contributed by atoms with Crippen LogP contribution in [0.25, 0.3) is 0 Å². The first-order valence-corrected chi connectivity index (χ1v) is 10.1. The van der Waals surface area contributed by atoms with E-state index in [2.05, 4.69) is 16.9 Å². The van der Waals surface area contributed by atoms with Crippen molar-refractivity contribution < 1.29 is 9.32 Å². The summed E-state index contributed by atoms with van der Waals surface area (Å²) in [7, 11) is -1.18. The van der Waals surface area contributed by atoms with Gasteiger partial charge in [-0.05, 0) is 71.6 Å². The Labute approximate surface area is 153 Å². The van der Waals surface area contributed by atoms with Crippen LogP contribution in [0.2, 0.25) is 5.02 Å². The molecule has 0 bridgehead atoms. The summed E-state index contributed by atoms with van der Waals surface area (Å²) >= 11 is 6.05. The van der Waals surface area contributed by atoms with Gasteiger partial charge in [-0.3, -0.25) is 0 Å². The van der Waals surface area contributed by atoms with Crippen molar-refractivity contribution in [2.75, 3.05) is 0 Å². The molecule has 1 aromatic rings. The predicted molar refractivity (Wildman–Crippen MR) is 103 cm³/mol. The summed E-state index contributed by atoms with van der Waals surface area (Å²) < 4.78 is 15.7. The molecule has 1 fully saturated rings. The maximum atomic E-state index is 12.7. The zero-order valence-electron chi connectivity index (χ0n) is 15.4. The molecular formula is C19H30ClNO2S. The standard InChI is InChI=1S/C19H30ClNO2S/c1-17(2,3)24(23)21-16(13-18(4,5)22)19(11-6-12-19)14-7-9-15(20)10-8-14/h7-10,16,21-22H,6,11-13H2,1-5H3. The fraction of sp³-hybridized carbons (Fsp3) is 0.684. The lowest BCUT2D eigenvalue weighted by Gasteiger charge is -2.50. The third kappa shape index (κ3) is 4.60. The summed E-state index contributed by atoms with van der Waals surface area (Å²) in [5, 5.41) is 11.1. The van der Waals surface area contributed by atoms with Crippen LogP contribution in [0.15, 0.2) is 24.3 Å². The average Bonchev–Trinajstić information content (AvgIpc) is 2.36. The van der Waals surface area contributed by atoms with Crippen LogP contribution in [0, 0.1) is 0 Å². The molecule has 0 saturated heterocycles. The molecule has 3 nitrogen and oxygen atoms in total. The molecule has 1 aliphatic rings. The molecule has 2 atom stereocenters. The van der Waals surface area contributed by atoms with Gasteiger partial charge in [0.25, 0.3) is 0 Å². The molecule has 1 aromatic carbocycles. The quantitative estimate of drug-likeness (QED) is 0.781. The molecule has 2 unspecified atom stereocenters. The second kappa shape index (κ2) is 7.06. The predicted octanol–water partition coefficient (Wildman–Crippen LogP) is 4.34. The first-order chi connectivity index (χ1) is 10.9. The van der Waals surface area contributed by atoms with Crippen LogP contribution in [-0.4, -0.2) is 25.7 Å². The van der Waals surface area contributed by atoms with E-state index in [0.717, 1.165) is 24.3 Å². The van der Waals surface area contributed by atoms with Crippen molar-refractivity contribution in [2.45, 2.75) is 82.1 Å². The minimum absolute atomic E-state index is 0.0486. The van der Waals surface area contributed by atoms with Crippen molar-refractivity contribution in [1.29, 1.82) is 0 Å². The summed E-state index contributed by atoms with van der Waals surface area (Å²) in [4.78, 5) is 0. The number of halogens is 1. The largest absolute Gasteiger partial charge is 0.390 e. The zero-order valence-corrected chi connectivity index (χ0v) is 16.9. The Morgan fingerprint density at radius 1 is 1.21 bits per heavy atom. The van der Waals surface area contributed by atoms with Crippen LogP contribution >= 0.6 is 11.6 Å². The fourth-order valence-electron chi connectivity index (χ4n) is 3.33. The van der Waals surface area contributed by atoms with E-state index in [1.54, 1.807) is 0 Å². The summed E-state index contributed by atoms with van der Waals surface area (Å²) in [6.45, 7) is 9.53. The maximum Gasteiger partial charge on any atom is 0.0973 e.